The number of carbonyl (C=O) groups excluding carboxylic acids is 2. The number of nitrogens with one attached hydrogen (secondary N) is 2. The summed E-state index contributed by atoms with van der Waals surface area (Å²) in [7, 11) is 1.59. The van der Waals surface area contributed by atoms with E-state index in [0.717, 1.165) is 12.8 Å². The van der Waals surface area contributed by atoms with Crippen LogP contribution >= 0.6 is 0 Å². The normalized spacial score (nSPS) is 12.1. The first-order valence-corrected chi connectivity index (χ1v) is 5.86. The molecule has 6 heteroatoms. The second kappa shape index (κ2) is 10.0. The minimum Gasteiger partial charge on any atom is -0.383 e. The van der Waals surface area contributed by atoms with Crippen molar-refractivity contribution in [3.05, 3.63) is 0 Å². The molecule has 0 saturated carbocycles. The summed E-state index contributed by atoms with van der Waals surface area (Å²) in [4.78, 5) is 22.0. The Bertz CT molecular complexity index is 234. The van der Waals surface area contributed by atoms with E-state index >= 15 is 0 Å². The van der Waals surface area contributed by atoms with Gasteiger partial charge in [0.1, 0.15) is 0 Å². The fourth-order valence-corrected chi connectivity index (χ4v) is 1.26. The number of rotatable bonds is 10. The third kappa shape index (κ3) is 9.77. The van der Waals surface area contributed by atoms with Gasteiger partial charge in [-0.1, -0.05) is 0 Å². The van der Waals surface area contributed by atoms with Gasteiger partial charge in [-0.2, -0.15) is 0 Å². The molecule has 100 valence electrons. The van der Waals surface area contributed by atoms with E-state index in [1.807, 2.05) is 0 Å². The number of carbonyl (C=O) groups is 2. The van der Waals surface area contributed by atoms with Gasteiger partial charge in [-0.3, -0.25) is 9.59 Å². The number of hydrogen-bond acceptors (Lipinski definition) is 4. The van der Waals surface area contributed by atoms with Crippen LogP contribution in [0.4, 0.5) is 0 Å². The highest BCUT2D eigenvalue weighted by Crippen LogP contribution is 1.93. The summed E-state index contributed by atoms with van der Waals surface area (Å²) >= 11 is 0. The summed E-state index contributed by atoms with van der Waals surface area (Å²) in [5, 5.41) is 5.82. The predicted molar refractivity (Wildman–Crippen MR) is 65.4 cm³/mol. The molecule has 17 heavy (non-hydrogen) atoms. The van der Waals surface area contributed by atoms with E-state index in [2.05, 4.69) is 10.6 Å². The van der Waals surface area contributed by atoms with Crippen molar-refractivity contribution >= 4 is 11.8 Å². The lowest BCUT2D eigenvalue weighted by Crippen LogP contribution is -2.43. The number of primary amides is 1. The van der Waals surface area contributed by atoms with E-state index < -0.39 is 0 Å². The molecule has 1 atom stereocenters. The number of nitrogens with two attached hydrogens (primary N) is 1. The average Bonchev–Trinajstić information content (AvgIpc) is 2.28. The zero-order chi connectivity index (χ0) is 13.1. The highest BCUT2D eigenvalue weighted by Gasteiger charge is 2.10. The Labute approximate surface area is 102 Å². The van der Waals surface area contributed by atoms with Crippen molar-refractivity contribution < 1.29 is 14.3 Å². The molecule has 0 rings (SSSR count). The summed E-state index contributed by atoms with van der Waals surface area (Å²) in [6.07, 6.45) is 1.98. The van der Waals surface area contributed by atoms with Crippen LogP contribution in [-0.2, 0) is 14.3 Å². The van der Waals surface area contributed by atoms with Gasteiger partial charge in [0.05, 0.1) is 12.6 Å². The quantitative estimate of drug-likeness (QED) is 0.447. The fraction of sp³-hybridized carbons (Fsp3) is 0.818. The van der Waals surface area contributed by atoms with E-state index in [1.54, 1.807) is 14.0 Å². The van der Waals surface area contributed by atoms with Crippen molar-refractivity contribution in [2.45, 2.75) is 32.2 Å². The van der Waals surface area contributed by atoms with Crippen molar-refractivity contribution in [1.29, 1.82) is 0 Å². The van der Waals surface area contributed by atoms with E-state index in [4.69, 9.17) is 10.5 Å². The average molecular weight is 245 g/mol. The van der Waals surface area contributed by atoms with Crippen LogP contribution < -0.4 is 16.4 Å². The van der Waals surface area contributed by atoms with Crippen LogP contribution in [0.15, 0.2) is 0 Å². The Hall–Kier alpha value is -1.14. The van der Waals surface area contributed by atoms with Gasteiger partial charge in [-0.15, -0.1) is 0 Å². The maximum atomic E-state index is 11.5. The molecule has 0 aromatic heterocycles. The molecule has 4 N–H and O–H groups in total. The lowest BCUT2D eigenvalue weighted by atomic mass is 10.2. The minimum atomic E-state index is -0.282. The second-order valence-corrected chi connectivity index (χ2v) is 3.88. The zero-order valence-electron chi connectivity index (χ0n) is 10.6. The molecule has 0 bridgehead atoms. The van der Waals surface area contributed by atoms with Crippen LogP contribution in [0.3, 0.4) is 0 Å². The predicted octanol–water partition coefficient (Wildman–Crippen LogP) is -0.617. The molecule has 0 radical (unpaired) electrons. The Morgan fingerprint density at radius 2 is 2.00 bits per heavy atom. The molecule has 0 aliphatic heterocycles. The van der Waals surface area contributed by atoms with E-state index in [1.165, 1.54) is 0 Å². The van der Waals surface area contributed by atoms with Crippen molar-refractivity contribution in [1.82, 2.24) is 10.6 Å². The fourth-order valence-electron chi connectivity index (χ4n) is 1.26. The summed E-state index contributed by atoms with van der Waals surface area (Å²) in [5.41, 5.74) is 5.02. The standard InChI is InChI=1S/C11H23N3O3/c1-9(11(16)14-7-8-17-2)13-6-4-3-5-10(12)15/h9,13H,3-8H2,1-2H3,(H2,12,15)(H,14,16). The van der Waals surface area contributed by atoms with Crippen LogP contribution in [0.5, 0.6) is 0 Å². The smallest absolute Gasteiger partial charge is 0.236 e. The zero-order valence-corrected chi connectivity index (χ0v) is 10.6. The number of methoxy groups -OCH3 is 1. The molecule has 0 spiro atoms. The lowest BCUT2D eigenvalue weighted by Gasteiger charge is -2.13. The molecule has 6 nitrogen and oxygen atoms in total. The Kier molecular flexibility index (Phi) is 9.37. The second-order valence-electron chi connectivity index (χ2n) is 3.88. The third-order valence-corrected chi connectivity index (χ3v) is 2.30. The monoisotopic (exact) mass is 245 g/mol. The molecule has 1 unspecified atom stereocenters. The van der Waals surface area contributed by atoms with Gasteiger partial charge in [-0.25, -0.2) is 0 Å². The van der Waals surface area contributed by atoms with Crippen molar-refractivity contribution in [3.63, 3.8) is 0 Å². The van der Waals surface area contributed by atoms with E-state index in [9.17, 15) is 9.59 Å². The van der Waals surface area contributed by atoms with Gasteiger partial charge < -0.3 is 21.1 Å². The molecule has 2 amide bonds. The van der Waals surface area contributed by atoms with E-state index in [0.29, 0.717) is 26.1 Å². The first-order chi connectivity index (χ1) is 8.07. The van der Waals surface area contributed by atoms with Gasteiger partial charge in [0.15, 0.2) is 0 Å². The first kappa shape index (κ1) is 15.9. The Balaban J connectivity index is 3.46. The summed E-state index contributed by atoms with van der Waals surface area (Å²) < 4.78 is 4.83. The molecule has 0 aliphatic rings. The molecule has 0 aliphatic carbocycles. The molecule has 0 heterocycles. The molecular weight excluding hydrogens is 222 g/mol. The molecule has 0 aromatic rings. The lowest BCUT2D eigenvalue weighted by molar-refractivity contribution is -0.123. The van der Waals surface area contributed by atoms with Crippen molar-refractivity contribution in [3.8, 4) is 0 Å². The maximum Gasteiger partial charge on any atom is 0.236 e. The van der Waals surface area contributed by atoms with E-state index in [-0.39, 0.29) is 17.9 Å². The summed E-state index contributed by atoms with van der Waals surface area (Å²) in [6, 6.07) is -0.236. The molecular formula is C11H23N3O3. The van der Waals surface area contributed by atoms with Crippen molar-refractivity contribution in [2.75, 3.05) is 26.8 Å². The minimum absolute atomic E-state index is 0.0445. The van der Waals surface area contributed by atoms with Crippen LogP contribution in [0.25, 0.3) is 0 Å². The Morgan fingerprint density at radius 3 is 2.59 bits per heavy atom. The van der Waals surface area contributed by atoms with Gasteiger partial charge in [0, 0.05) is 20.1 Å². The van der Waals surface area contributed by atoms with Gasteiger partial charge in [0.25, 0.3) is 0 Å². The van der Waals surface area contributed by atoms with Crippen LogP contribution in [0.1, 0.15) is 26.2 Å². The van der Waals surface area contributed by atoms with Gasteiger partial charge in [-0.05, 0) is 26.3 Å². The summed E-state index contributed by atoms with van der Waals surface area (Å²) in [5.74, 6) is -0.327. The molecule has 0 aromatic carbocycles. The molecule has 0 saturated heterocycles. The topological polar surface area (TPSA) is 93.4 Å². The number of hydrogen-bond donors (Lipinski definition) is 3. The van der Waals surface area contributed by atoms with Gasteiger partial charge >= 0.3 is 0 Å². The summed E-state index contributed by atoms with van der Waals surface area (Å²) in [6.45, 7) is 3.53. The van der Waals surface area contributed by atoms with Crippen LogP contribution in [0, 0.1) is 0 Å². The highest BCUT2D eigenvalue weighted by molar-refractivity contribution is 5.81. The van der Waals surface area contributed by atoms with Gasteiger partial charge in [0.2, 0.25) is 11.8 Å². The van der Waals surface area contributed by atoms with Crippen LogP contribution in [0.2, 0.25) is 0 Å². The van der Waals surface area contributed by atoms with Crippen LogP contribution in [-0.4, -0.2) is 44.7 Å². The number of unbranched alkanes of at least 4 members (excludes halogenated alkanes) is 1. The third-order valence-electron chi connectivity index (χ3n) is 2.30. The SMILES string of the molecule is COCCNC(=O)C(C)NCCCCC(N)=O. The largest absolute Gasteiger partial charge is 0.383 e. The highest BCUT2D eigenvalue weighted by atomic mass is 16.5. The first-order valence-electron chi connectivity index (χ1n) is 5.86. The number of ether oxygens (including phenoxy) is 1. The maximum absolute atomic E-state index is 11.5. The molecule has 0 fully saturated rings. The van der Waals surface area contributed by atoms with Crippen molar-refractivity contribution in [2.24, 2.45) is 5.73 Å². The number of amides is 2. The Morgan fingerprint density at radius 1 is 1.29 bits per heavy atom.